The Kier molecular flexibility index (Phi) is 9.42. The number of pyridine rings is 1. The van der Waals surface area contributed by atoms with Crippen molar-refractivity contribution in [2.24, 2.45) is 4.99 Å². The van der Waals surface area contributed by atoms with E-state index in [2.05, 4.69) is 32.9 Å². The highest BCUT2D eigenvalue weighted by Gasteiger charge is 2.29. The van der Waals surface area contributed by atoms with Crippen LogP contribution >= 0.6 is 35.7 Å². The third kappa shape index (κ3) is 6.84. The Morgan fingerprint density at radius 3 is 2.79 bits per heavy atom. The second-order valence-corrected chi connectivity index (χ2v) is 7.43. The summed E-state index contributed by atoms with van der Waals surface area (Å²) in [6.45, 7) is 4.34. The number of nitrogens with zero attached hydrogens (tertiary/aromatic N) is 2. The fourth-order valence-corrected chi connectivity index (χ4v) is 3.67. The predicted molar refractivity (Wildman–Crippen MR) is 111 cm³/mol. The second-order valence-electron chi connectivity index (χ2n) is 5.75. The van der Waals surface area contributed by atoms with Crippen LogP contribution in [0.5, 0.6) is 0 Å². The van der Waals surface area contributed by atoms with Crippen LogP contribution in [0.25, 0.3) is 0 Å². The second kappa shape index (κ2) is 10.8. The van der Waals surface area contributed by atoms with Crippen LogP contribution < -0.4 is 16.0 Å². The van der Waals surface area contributed by atoms with Gasteiger partial charge < -0.3 is 16.0 Å². The Bertz CT molecular complexity index is 535. The largest absolute Gasteiger partial charge is 0.355 e. The number of amides is 1. The summed E-state index contributed by atoms with van der Waals surface area (Å²) >= 11 is 2.02. The van der Waals surface area contributed by atoms with Crippen molar-refractivity contribution in [1.29, 1.82) is 0 Å². The van der Waals surface area contributed by atoms with E-state index in [0.29, 0.717) is 23.4 Å². The normalized spacial score (nSPS) is 20.2. The molecule has 0 spiro atoms. The van der Waals surface area contributed by atoms with Gasteiger partial charge in [-0.3, -0.25) is 14.8 Å². The quantitative estimate of drug-likeness (QED) is 0.260. The zero-order chi connectivity index (χ0) is 16.5. The van der Waals surface area contributed by atoms with Gasteiger partial charge in [-0.15, -0.1) is 24.0 Å². The van der Waals surface area contributed by atoms with Crippen molar-refractivity contribution >= 4 is 47.6 Å². The number of nitrogens with one attached hydrogen (secondary N) is 3. The molecule has 24 heavy (non-hydrogen) atoms. The van der Waals surface area contributed by atoms with Gasteiger partial charge in [-0.25, -0.2) is 0 Å². The van der Waals surface area contributed by atoms with E-state index in [4.69, 9.17) is 0 Å². The molecule has 1 aliphatic rings. The van der Waals surface area contributed by atoms with Crippen molar-refractivity contribution in [2.75, 3.05) is 32.4 Å². The maximum absolute atomic E-state index is 11.9. The summed E-state index contributed by atoms with van der Waals surface area (Å²) in [5.41, 5.74) is 0.571. The van der Waals surface area contributed by atoms with E-state index in [0.717, 1.165) is 12.5 Å². The fraction of sp³-hybridized carbons (Fsp3) is 0.562. The molecular weight excluding hydrogens is 437 g/mol. The molecule has 2 heterocycles. The molecule has 1 saturated heterocycles. The molecular formula is C16H26IN5OS. The molecule has 134 valence electrons. The molecule has 0 saturated carbocycles. The van der Waals surface area contributed by atoms with E-state index >= 15 is 0 Å². The lowest BCUT2D eigenvalue weighted by atomic mass is 10.1. The third-order valence-corrected chi connectivity index (χ3v) is 5.32. The number of guanidine groups is 1. The van der Waals surface area contributed by atoms with Gasteiger partial charge in [0, 0.05) is 43.8 Å². The van der Waals surface area contributed by atoms with Crippen molar-refractivity contribution in [3.63, 3.8) is 0 Å². The molecule has 0 aromatic carbocycles. The number of aliphatic imine (C=N–C) groups is 1. The van der Waals surface area contributed by atoms with Crippen molar-refractivity contribution in [2.45, 2.75) is 24.5 Å². The smallest absolute Gasteiger partial charge is 0.252 e. The summed E-state index contributed by atoms with van der Waals surface area (Å²) in [7, 11) is 1.76. The summed E-state index contributed by atoms with van der Waals surface area (Å²) in [5.74, 6) is 1.90. The zero-order valence-electron chi connectivity index (χ0n) is 14.2. The Morgan fingerprint density at radius 2 is 2.17 bits per heavy atom. The van der Waals surface area contributed by atoms with E-state index in [1.165, 1.54) is 18.6 Å². The third-order valence-electron chi connectivity index (χ3n) is 3.78. The van der Waals surface area contributed by atoms with Crippen molar-refractivity contribution in [1.82, 2.24) is 20.9 Å². The summed E-state index contributed by atoms with van der Waals surface area (Å²) in [6, 6.07) is 3.50. The van der Waals surface area contributed by atoms with Crippen LogP contribution in [-0.4, -0.2) is 54.0 Å². The maximum Gasteiger partial charge on any atom is 0.252 e. The maximum atomic E-state index is 11.9. The Balaban J connectivity index is 0.00000288. The molecule has 1 amide bonds. The SMILES string of the molecule is CN=C(NCCNC(=O)c1cccnc1)NCC1(C)CCCS1.I. The Labute approximate surface area is 165 Å². The molecule has 1 fully saturated rings. The highest BCUT2D eigenvalue weighted by molar-refractivity contribution is 14.0. The molecule has 1 aromatic heterocycles. The summed E-state index contributed by atoms with van der Waals surface area (Å²) in [5, 5.41) is 9.44. The minimum Gasteiger partial charge on any atom is -0.355 e. The van der Waals surface area contributed by atoms with Gasteiger partial charge in [-0.1, -0.05) is 0 Å². The Hall–Kier alpha value is -1.03. The lowest BCUT2D eigenvalue weighted by Crippen LogP contribution is -2.45. The van der Waals surface area contributed by atoms with Crippen molar-refractivity contribution < 1.29 is 4.79 Å². The Morgan fingerprint density at radius 1 is 1.38 bits per heavy atom. The zero-order valence-corrected chi connectivity index (χ0v) is 17.3. The molecule has 1 atom stereocenters. The molecule has 1 aliphatic heterocycles. The summed E-state index contributed by atoms with van der Waals surface area (Å²) < 4.78 is 0.298. The summed E-state index contributed by atoms with van der Waals surface area (Å²) in [6.07, 6.45) is 5.73. The molecule has 3 N–H and O–H groups in total. The first-order valence-corrected chi connectivity index (χ1v) is 8.88. The van der Waals surface area contributed by atoms with E-state index in [9.17, 15) is 4.79 Å². The highest BCUT2D eigenvalue weighted by Crippen LogP contribution is 2.36. The molecule has 0 bridgehead atoms. The monoisotopic (exact) mass is 463 g/mol. The highest BCUT2D eigenvalue weighted by atomic mass is 127. The lowest BCUT2D eigenvalue weighted by Gasteiger charge is -2.24. The van der Waals surface area contributed by atoms with Crippen LogP contribution in [0.4, 0.5) is 0 Å². The molecule has 0 aliphatic carbocycles. The van der Waals surface area contributed by atoms with E-state index in [-0.39, 0.29) is 29.9 Å². The number of halogens is 1. The molecule has 1 unspecified atom stereocenters. The van der Waals surface area contributed by atoms with Gasteiger partial charge in [0.15, 0.2) is 5.96 Å². The standard InChI is InChI=1S/C16H25N5OS.HI/c1-16(6-4-10-23-16)12-21-15(17-2)20-9-8-19-14(22)13-5-3-7-18-11-13;/h3,5,7,11H,4,6,8-10,12H2,1-2H3,(H,19,22)(H2,17,20,21);1H. The van der Waals surface area contributed by atoms with Crippen LogP contribution in [0.3, 0.4) is 0 Å². The van der Waals surface area contributed by atoms with Gasteiger partial charge in [0.25, 0.3) is 5.91 Å². The van der Waals surface area contributed by atoms with E-state index < -0.39 is 0 Å². The minimum absolute atomic E-state index is 0. The van der Waals surface area contributed by atoms with Gasteiger partial charge in [0.1, 0.15) is 0 Å². The average molecular weight is 463 g/mol. The van der Waals surface area contributed by atoms with Crippen LogP contribution in [0.2, 0.25) is 0 Å². The first-order chi connectivity index (χ1) is 11.1. The number of aromatic nitrogens is 1. The molecule has 8 heteroatoms. The van der Waals surface area contributed by atoms with Gasteiger partial charge in [0.2, 0.25) is 0 Å². The number of hydrogen-bond donors (Lipinski definition) is 3. The molecule has 1 aromatic rings. The average Bonchev–Trinajstić information content (AvgIpc) is 3.01. The van der Waals surface area contributed by atoms with Crippen LogP contribution in [0.1, 0.15) is 30.1 Å². The van der Waals surface area contributed by atoms with Crippen LogP contribution in [0.15, 0.2) is 29.5 Å². The minimum atomic E-state index is -0.113. The van der Waals surface area contributed by atoms with E-state index in [1.807, 2.05) is 11.8 Å². The van der Waals surface area contributed by atoms with Gasteiger partial charge in [-0.05, 0) is 37.7 Å². The molecule has 0 radical (unpaired) electrons. The lowest BCUT2D eigenvalue weighted by molar-refractivity contribution is 0.0954. The first kappa shape index (κ1) is 21.0. The molecule has 6 nitrogen and oxygen atoms in total. The van der Waals surface area contributed by atoms with Gasteiger partial charge in [0.05, 0.1) is 5.56 Å². The number of thioether (sulfide) groups is 1. The molecule has 2 rings (SSSR count). The van der Waals surface area contributed by atoms with Crippen LogP contribution in [0, 0.1) is 0 Å². The van der Waals surface area contributed by atoms with Gasteiger partial charge in [-0.2, -0.15) is 11.8 Å². The predicted octanol–water partition coefficient (Wildman–Crippen LogP) is 1.88. The van der Waals surface area contributed by atoms with Crippen LogP contribution in [-0.2, 0) is 0 Å². The van der Waals surface area contributed by atoms with Crippen molar-refractivity contribution in [3.8, 4) is 0 Å². The first-order valence-electron chi connectivity index (χ1n) is 7.90. The number of hydrogen-bond acceptors (Lipinski definition) is 4. The van der Waals surface area contributed by atoms with Crippen molar-refractivity contribution in [3.05, 3.63) is 30.1 Å². The van der Waals surface area contributed by atoms with E-state index in [1.54, 1.807) is 31.6 Å². The number of rotatable bonds is 6. The number of carbonyl (C=O) groups is 1. The topological polar surface area (TPSA) is 78.4 Å². The number of carbonyl (C=O) groups excluding carboxylic acids is 1. The fourth-order valence-electron chi connectivity index (χ4n) is 2.42. The van der Waals surface area contributed by atoms with Gasteiger partial charge >= 0.3 is 0 Å². The summed E-state index contributed by atoms with van der Waals surface area (Å²) in [4.78, 5) is 20.0.